The van der Waals surface area contributed by atoms with E-state index in [-0.39, 0.29) is 29.6 Å². The Morgan fingerprint density at radius 2 is 2.00 bits per heavy atom. The zero-order valence-electron chi connectivity index (χ0n) is 15.6. The van der Waals surface area contributed by atoms with Crippen LogP contribution in [0.1, 0.15) is 37.0 Å². The molecule has 27 heavy (non-hydrogen) atoms. The standard InChI is InChI=1S/C18H26N4O4.ClH/c1-3-19-12-14-7-9-21(10-8-14)18(24)13(2)20-17(23)15-5-4-6-16(11-15)22(25)26;/h4-6,11,13-14,19H,3,7-10,12H2,1-2H3,(H,20,23);1H. The lowest BCUT2D eigenvalue weighted by Crippen LogP contribution is -2.50. The van der Waals surface area contributed by atoms with E-state index in [1.165, 1.54) is 24.3 Å². The predicted octanol–water partition coefficient (Wildman–Crippen LogP) is 1.98. The maximum atomic E-state index is 12.5. The molecule has 1 aliphatic heterocycles. The fraction of sp³-hybridized carbons (Fsp3) is 0.556. The SMILES string of the molecule is CCNCC1CCN(C(=O)C(C)NC(=O)c2cccc([N+](=O)[O-])c2)CC1.Cl. The molecule has 2 rings (SSSR count). The topological polar surface area (TPSA) is 105 Å². The van der Waals surface area contributed by atoms with Crippen LogP contribution in [0.25, 0.3) is 0 Å². The summed E-state index contributed by atoms with van der Waals surface area (Å²) in [6, 6.07) is 4.80. The number of non-ortho nitro benzene ring substituents is 1. The van der Waals surface area contributed by atoms with Crippen molar-refractivity contribution in [3.8, 4) is 0 Å². The number of hydrogen-bond donors (Lipinski definition) is 2. The van der Waals surface area contributed by atoms with Crippen molar-refractivity contribution >= 4 is 29.9 Å². The van der Waals surface area contributed by atoms with Gasteiger partial charge in [-0.25, -0.2) is 0 Å². The maximum absolute atomic E-state index is 12.5. The number of halogens is 1. The van der Waals surface area contributed by atoms with Crippen LogP contribution in [0.3, 0.4) is 0 Å². The van der Waals surface area contributed by atoms with E-state index < -0.39 is 16.9 Å². The van der Waals surface area contributed by atoms with Crippen molar-refractivity contribution in [2.24, 2.45) is 5.92 Å². The number of nitro benzene ring substituents is 1. The molecule has 8 nitrogen and oxygen atoms in total. The van der Waals surface area contributed by atoms with Gasteiger partial charge in [0.2, 0.25) is 5.91 Å². The Labute approximate surface area is 165 Å². The fourth-order valence-corrected chi connectivity index (χ4v) is 3.08. The van der Waals surface area contributed by atoms with Gasteiger partial charge in [-0.2, -0.15) is 0 Å². The molecule has 2 amide bonds. The van der Waals surface area contributed by atoms with Gasteiger partial charge in [-0.3, -0.25) is 19.7 Å². The Balaban J connectivity index is 0.00000364. The highest BCUT2D eigenvalue weighted by atomic mass is 35.5. The summed E-state index contributed by atoms with van der Waals surface area (Å²) in [4.78, 5) is 36.9. The molecule has 9 heteroatoms. The summed E-state index contributed by atoms with van der Waals surface area (Å²) in [5.74, 6) is -0.0315. The van der Waals surface area contributed by atoms with E-state index in [0.717, 1.165) is 25.9 Å². The second-order valence-corrected chi connectivity index (χ2v) is 6.58. The molecule has 0 aromatic heterocycles. The molecule has 1 aromatic rings. The van der Waals surface area contributed by atoms with Crippen LogP contribution in [0.5, 0.6) is 0 Å². The predicted molar refractivity (Wildman–Crippen MR) is 105 cm³/mol. The van der Waals surface area contributed by atoms with E-state index in [2.05, 4.69) is 17.6 Å². The average molecular weight is 399 g/mol. The van der Waals surface area contributed by atoms with Gasteiger partial charge in [-0.15, -0.1) is 12.4 Å². The molecule has 1 atom stereocenters. The molecule has 0 saturated carbocycles. The summed E-state index contributed by atoms with van der Waals surface area (Å²) in [7, 11) is 0. The first kappa shape index (κ1) is 22.9. The van der Waals surface area contributed by atoms with Crippen LogP contribution in [0.2, 0.25) is 0 Å². The van der Waals surface area contributed by atoms with E-state index in [0.29, 0.717) is 19.0 Å². The molecule has 0 bridgehead atoms. The molecule has 150 valence electrons. The number of nitrogens with one attached hydrogen (secondary N) is 2. The van der Waals surface area contributed by atoms with Gasteiger partial charge in [0.25, 0.3) is 11.6 Å². The molecule has 1 unspecified atom stereocenters. The number of amides is 2. The summed E-state index contributed by atoms with van der Waals surface area (Å²) in [6.07, 6.45) is 1.90. The first-order valence-electron chi connectivity index (χ1n) is 8.97. The molecular formula is C18H27ClN4O4. The number of nitrogens with zero attached hydrogens (tertiary/aromatic N) is 2. The number of carbonyl (C=O) groups excluding carboxylic acids is 2. The molecule has 1 heterocycles. The van der Waals surface area contributed by atoms with Gasteiger partial charge < -0.3 is 15.5 Å². The normalized spacial score (nSPS) is 15.6. The molecule has 1 aromatic carbocycles. The third-order valence-corrected chi connectivity index (χ3v) is 4.65. The lowest BCUT2D eigenvalue weighted by atomic mass is 9.96. The number of piperidine rings is 1. The van der Waals surface area contributed by atoms with Gasteiger partial charge in [-0.05, 0) is 44.8 Å². The van der Waals surface area contributed by atoms with Crippen molar-refractivity contribution in [3.63, 3.8) is 0 Å². The zero-order valence-corrected chi connectivity index (χ0v) is 16.5. The molecule has 1 saturated heterocycles. The summed E-state index contributed by atoms with van der Waals surface area (Å²) in [5, 5.41) is 16.8. The first-order valence-corrected chi connectivity index (χ1v) is 8.97. The molecular weight excluding hydrogens is 372 g/mol. The summed E-state index contributed by atoms with van der Waals surface area (Å²) in [6.45, 7) is 7.00. The van der Waals surface area contributed by atoms with Crippen molar-refractivity contribution < 1.29 is 14.5 Å². The summed E-state index contributed by atoms with van der Waals surface area (Å²) >= 11 is 0. The number of rotatable bonds is 7. The number of hydrogen-bond acceptors (Lipinski definition) is 5. The van der Waals surface area contributed by atoms with Crippen LogP contribution in [0, 0.1) is 16.0 Å². The van der Waals surface area contributed by atoms with Gasteiger partial charge in [0.1, 0.15) is 6.04 Å². The third-order valence-electron chi connectivity index (χ3n) is 4.65. The van der Waals surface area contributed by atoms with Crippen LogP contribution in [0.15, 0.2) is 24.3 Å². The van der Waals surface area contributed by atoms with Crippen molar-refractivity contribution in [1.29, 1.82) is 0 Å². The highest BCUT2D eigenvalue weighted by molar-refractivity contribution is 5.97. The second kappa shape index (κ2) is 10.8. The molecule has 0 aliphatic carbocycles. The van der Waals surface area contributed by atoms with E-state index in [1.54, 1.807) is 11.8 Å². The van der Waals surface area contributed by atoms with Crippen molar-refractivity contribution in [3.05, 3.63) is 39.9 Å². The van der Waals surface area contributed by atoms with E-state index in [9.17, 15) is 19.7 Å². The minimum absolute atomic E-state index is 0. The van der Waals surface area contributed by atoms with Crippen molar-refractivity contribution in [1.82, 2.24) is 15.5 Å². The minimum atomic E-state index is -0.674. The number of likely N-dealkylation sites (tertiary alicyclic amines) is 1. The highest BCUT2D eigenvalue weighted by Crippen LogP contribution is 2.17. The first-order chi connectivity index (χ1) is 12.4. The van der Waals surface area contributed by atoms with Crippen molar-refractivity contribution in [2.75, 3.05) is 26.2 Å². The lowest BCUT2D eigenvalue weighted by Gasteiger charge is -2.33. The number of nitro groups is 1. The molecule has 0 radical (unpaired) electrons. The maximum Gasteiger partial charge on any atom is 0.270 e. The fourth-order valence-electron chi connectivity index (χ4n) is 3.08. The molecule has 1 aliphatic rings. The van der Waals surface area contributed by atoms with Crippen LogP contribution in [-0.2, 0) is 4.79 Å². The Kier molecular flexibility index (Phi) is 9.17. The minimum Gasteiger partial charge on any atom is -0.341 e. The Bertz CT molecular complexity index is 663. The largest absolute Gasteiger partial charge is 0.341 e. The van der Waals surface area contributed by atoms with Gasteiger partial charge in [0.15, 0.2) is 0 Å². The van der Waals surface area contributed by atoms with E-state index >= 15 is 0 Å². The molecule has 0 spiro atoms. The number of carbonyl (C=O) groups is 2. The van der Waals surface area contributed by atoms with Crippen LogP contribution in [0.4, 0.5) is 5.69 Å². The van der Waals surface area contributed by atoms with Crippen LogP contribution < -0.4 is 10.6 Å². The molecule has 2 N–H and O–H groups in total. The zero-order chi connectivity index (χ0) is 19.1. The van der Waals surface area contributed by atoms with E-state index in [1.807, 2.05) is 0 Å². The Hall–Kier alpha value is -2.19. The third kappa shape index (κ3) is 6.48. The van der Waals surface area contributed by atoms with E-state index in [4.69, 9.17) is 0 Å². The van der Waals surface area contributed by atoms with Gasteiger partial charge in [0, 0.05) is 30.8 Å². The lowest BCUT2D eigenvalue weighted by molar-refractivity contribution is -0.384. The Morgan fingerprint density at radius 3 is 2.59 bits per heavy atom. The van der Waals surface area contributed by atoms with Crippen LogP contribution in [-0.4, -0.2) is 53.9 Å². The Morgan fingerprint density at radius 1 is 1.33 bits per heavy atom. The quantitative estimate of drug-likeness (QED) is 0.539. The summed E-state index contributed by atoms with van der Waals surface area (Å²) < 4.78 is 0. The van der Waals surface area contributed by atoms with Gasteiger partial charge in [-0.1, -0.05) is 13.0 Å². The average Bonchev–Trinajstić information content (AvgIpc) is 2.66. The van der Waals surface area contributed by atoms with Gasteiger partial charge >= 0.3 is 0 Å². The second-order valence-electron chi connectivity index (χ2n) is 6.58. The number of benzene rings is 1. The monoisotopic (exact) mass is 398 g/mol. The smallest absolute Gasteiger partial charge is 0.270 e. The summed E-state index contributed by atoms with van der Waals surface area (Å²) in [5.41, 5.74) is 0.0163. The highest BCUT2D eigenvalue weighted by Gasteiger charge is 2.27. The molecule has 1 fully saturated rings. The van der Waals surface area contributed by atoms with Gasteiger partial charge in [0.05, 0.1) is 4.92 Å². The van der Waals surface area contributed by atoms with Crippen LogP contribution >= 0.6 is 12.4 Å². The van der Waals surface area contributed by atoms with Crippen molar-refractivity contribution in [2.45, 2.75) is 32.7 Å².